The zero-order chi connectivity index (χ0) is 14.0. The molecule has 1 unspecified atom stereocenters. The van der Waals surface area contributed by atoms with Crippen LogP contribution in [0.2, 0.25) is 0 Å². The largest absolute Gasteiger partial charge is 0.386 e. The van der Waals surface area contributed by atoms with E-state index < -0.39 is 4.92 Å². The number of carbonyl (C=O) groups is 1. The summed E-state index contributed by atoms with van der Waals surface area (Å²) in [5.74, 6) is 2.30. The Bertz CT molecular complexity index is 577. The lowest BCUT2D eigenvalue weighted by molar-refractivity contribution is -0.384. The van der Waals surface area contributed by atoms with Gasteiger partial charge in [-0.3, -0.25) is 14.9 Å². The molecule has 0 spiro atoms. The first-order valence-electron chi connectivity index (χ1n) is 5.79. The molecule has 0 radical (unpaired) electrons. The SMILES string of the molecule is C#CC1CC(=O)N(c2cc([N+](=O)[O-])ccc2NC)C1. The van der Waals surface area contributed by atoms with Crippen molar-refractivity contribution in [1.29, 1.82) is 0 Å². The predicted molar refractivity (Wildman–Crippen MR) is 71.9 cm³/mol. The molecule has 1 saturated heterocycles. The number of rotatable bonds is 3. The van der Waals surface area contributed by atoms with E-state index >= 15 is 0 Å². The number of nitrogens with one attached hydrogen (secondary N) is 1. The van der Waals surface area contributed by atoms with Crippen molar-refractivity contribution in [3.8, 4) is 12.3 Å². The molecule has 1 N–H and O–H groups in total. The van der Waals surface area contributed by atoms with Crippen molar-refractivity contribution in [3.63, 3.8) is 0 Å². The van der Waals surface area contributed by atoms with Crippen LogP contribution in [0.15, 0.2) is 18.2 Å². The molecule has 0 aliphatic carbocycles. The summed E-state index contributed by atoms with van der Waals surface area (Å²) in [4.78, 5) is 23.8. The van der Waals surface area contributed by atoms with Gasteiger partial charge in [-0.15, -0.1) is 12.3 Å². The molecule has 1 aromatic rings. The van der Waals surface area contributed by atoms with Gasteiger partial charge in [-0.25, -0.2) is 0 Å². The molecule has 1 amide bonds. The van der Waals surface area contributed by atoms with E-state index in [0.717, 1.165) is 0 Å². The summed E-state index contributed by atoms with van der Waals surface area (Å²) in [6.45, 7) is 0.394. The van der Waals surface area contributed by atoms with Crippen molar-refractivity contribution in [1.82, 2.24) is 0 Å². The molecule has 1 aliphatic rings. The summed E-state index contributed by atoms with van der Waals surface area (Å²) < 4.78 is 0. The van der Waals surface area contributed by atoms with Gasteiger partial charge in [0, 0.05) is 38.1 Å². The highest BCUT2D eigenvalue weighted by Gasteiger charge is 2.31. The Morgan fingerprint density at radius 2 is 2.32 bits per heavy atom. The summed E-state index contributed by atoms with van der Waals surface area (Å²) in [6.07, 6.45) is 5.61. The van der Waals surface area contributed by atoms with E-state index in [1.54, 1.807) is 13.1 Å². The molecule has 6 nitrogen and oxygen atoms in total. The van der Waals surface area contributed by atoms with Crippen molar-refractivity contribution in [2.45, 2.75) is 6.42 Å². The molecule has 0 bridgehead atoms. The maximum Gasteiger partial charge on any atom is 0.271 e. The molecule has 1 fully saturated rings. The molecular weight excluding hydrogens is 246 g/mol. The number of terminal acetylenes is 1. The number of non-ortho nitro benzene ring substituents is 1. The van der Waals surface area contributed by atoms with Crippen molar-refractivity contribution in [2.24, 2.45) is 5.92 Å². The smallest absolute Gasteiger partial charge is 0.271 e. The van der Waals surface area contributed by atoms with Crippen molar-refractivity contribution >= 4 is 23.0 Å². The van der Waals surface area contributed by atoms with Gasteiger partial charge in [-0.2, -0.15) is 0 Å². The number of nitro groups is 1. The van der Waals surface area contributed by atoms with Crippen LogP contribution >= 0.6 is 0 Å². The number of anilines is 2. The molecule has 98 valence electrons. The number of hydrogen-bond donors (Lipinski definition) is 1. The standard InChI is InChI=1S/C13H13N3O3/c1-3-9-6-13(17)15(8-9)12-7-10(16(18)19)4-5-11(12)14-2/h1,4-5,7,9,14H,6,8H2,2H3. The molecule has 1 atom stereocenters. The van der Waals surface area contributed by atoms with Crippen LogP contribution in [0.4, 0.5) is 17.1 Å². The third-order valence-electron chi connectivity index (χ3n) is 3.11. The summed E-state index contributed by atoms with van der Waals surface area (Å²) in [5, 5.41) is 13.7. The van der Waals surface area contributed by atoms with Gasteiger partial charge in [-0.1, -0.05) is 0 Å². The highest BCUT2D eigenvalue weighted by molar-refractivity contribution is 5.99. The first kappa shape index (κ1) is 12.9. The molecule has 19 heavy (non-hydrogen) atoms. The summed E-state index contributed by atoms with van der Waals surface area (Å²) in [5.41, 5.74) is 1.11. The van der Waals surface area contributed by atoms with E-state index in [1.807, 2.05) is 0 Å². The van der Waals surface area contributed by atoms with Crippen LogP contribution in [-0.2, 0) is 4.79 Å². The molecule has 1 aliphatic heterocycles. The average molecular weight is 259 g/mol. The van der Waals surface area contributed by atoms with E-state index in [2.05, 4.69) is 11.2 Å². The van der Waals surface area contributed by atoms with Gasteiger partial charge in [0.1, 0.15) is 0 Å². The van der Waals surface area contributed by atoms with Crippen molar-refractivity contribution in [2.75, 3.05) is 23.8 Å². The first-order chi connectivity index (χ1) is 9.06. The fourth-order valence-electron chi connectivity index (χ4n) is 2.12. The summed E-state index contributed by atoms with van der Waals surface area (Å²) in [7, 11) is 1.70. The van der Waals surface area contributed by atoms with E-state index in [9.17, 15) is 14.9 Å². The molecule has 6 heteroatoms. The van der Waals surface area contributed by atoms with Gasteiger partial charge >= 0.3 is 0 Å². The molecule has 0 aromatic heterocycles. The third kappa shape index (κ3) is 2.36. The number of amides is 1. The Balaban J connectivity index is 2.43. The molecule has 2 rings (SSSR count). The fraction of sp³-hybridized carbons (Fsp3) is 0.308. The predicted octanol–water partition coefficient (Wildman–Crippen LogP) is 1.62. The minimum absolute atomic E-state index is 0.0500. The quantitative estimate of drug-likeness (QED) is 0.508. The maximum atomic E-state index is 11.9. The Kier molecular flexibility index (Phi) is 3.38. The second kappa shape index (κ2) is 4.98. The lowest BCUT2D eigenvalue weighted by Crippen LogP contribution is -2.25. The number of carbonyl (C=O) groups excluding carboxylic acids is 1. The molecule has 0 saturated carbocycles. The van der Waals surface area contributed by atoms with Crippen LogP contribution in [0.3, 0.4) is 0 Å². The van der Waals surface area contributed by atoms with Gasteiger partial charge in [0.2, 0.25) is 5.91 Å². The van der Waals surface area contributed by atoms with E-state index in [0.29, 0.717) is 17.9 Å². The summed E-state index contributed by atoms with van der Waals surface area (Å²) in [6, 6.07) is 4.38. The minimum atomic E-state index is -0.484. The highest BCUT2D eigenvalue weighted by atomic mass is 16.6. The number of hydrogen-bond acceptors (Lipinski definition) is 4. The second-order valence-corrected chi connectivity index (χ2v) is 4.28. The highest BCUT2D eigenvalue weighted by Crippen LogP contribution is 2.34. The van der Waals surface area contributed by atoms with Gasteiger partial charge in [0.25, 0.3) is 5.69 Å². The van der Waals surface area contributed by atoms with Crippen LogP contribution in [0.1, 0.15) is 6.42 Å². The monoisotopic (exact) mass is 259 g/mol. The van der Waals surface area contributed by atoms with Crippen molar-refractivity contribution < 1.29 is 9.72 Å². The van der Waals surface area contributed by atoms with Crippen LogP contribution in [0, 0.1) is 28.4 Å². The molecule has 1 aromatic carbocycles. The number of nitro benzene ring substituents is 1. The van der Waals surface area contributed by atoms with Crippen molar-refractivity contribution in [3.05, 3.63) is 28.3 Å². The number of benzene rings is 1. The van der Waals surface area contributed by atoms with Gasteiger partial charge in [0.05, 0.1) is 16.3 Å². The van der Waals surface area contributed by atoms with Gasteiger partial charge in [0.15, 0.2) is 0 Å². The summed E-state index contributed by atoms with van der Waals surface area (Å²) >= 11 is 0. The lowest BCUT2D eigenvalue weighted by Gasteiger charge is -2.19. The zero-order valence-electron chi connectivity index (χ0n) is 10.4. The van der Waals surface area contributed by atoms with Crippen LogP contribution in [0.5, 0.6) is 0 Å². The Morgan fingerprint density at radius 3 is 2.84 bits per heavy atom. The Morgan fingerprint density at radius 1 is 1.58 bits per heavy atom. The maximum absolute atomic E-state index is 11.9. The first-order valence-corrected chi connectivity index (χ1v) is 5.79. The van der Waals surface area contributed by atoms with E-state index in [4.69, 9.17) is 6.42 Å². The second-order valence-electron chi connectivity index (χ2n) is 4.28. The van der Waals surface area contributed by atoms with E-state index in [1.165, 1.54) is 17.0 Å². The zero-order valence-corrected chi connectivity index (χ0v) is 10.4. The topological polar surface area (TPSA) is 75.5 Å². The number of nitrogens with zero attached hydrogens (tertiary/aromatic N) is 2. The Hall–Kier alpha value is -2.55. The average Bonchev–Trinajstić information content (AvgIpc) is 2.79. The van der Waals surface area contributed by atoms with Gasteiger partial charge in [-0.05, 0) is 6.07 Å². The van der Waals surface area contributed by atoms with Crippen LogP contribution in [0.25, 0.3) is 0 Å². The fourth-order valence-corrected chi connectivity index (χ4v) is 2.12. The van der Waals surface area contributed by atoms with Crippen LogP contribution in [-0.4, -0.2) is 24.4 Å². The Labute approximate surface area is 110 Å². The third-order valence-corrected chi connectivity index (χ3v) is 3.11. The normalized spacial score (nSPS) is 18.2. The minimum Gasteiger partial charge on any atom is -0.386 e. The molecule has 1 heterocycles. The van der Waals surface area contributed by atoms with Crippen LogP contribution < -0.4 is 10.2 Å². The lowest BCUT2D eigenvalue weighted by atomic mass is 10.1. The molecular formula is C13H13N3O3. The van der Waals surface area contributed by atoms with E-state index in [-0.39, 0.29) is 23.9 Å². The van der Waals surface area contributed by atoms with Gasteiger partial charge < -0.3 is 10.2 Å².